The third-order valence-electron chi connectivity index (χ3n) is 1.90. The molecule has 0 aliphatic rings. The molecule has 0 spiro atoms. The zero-order valence-electron chi connectivity index (χ0n) is 8.63. The lowest BCUT2D eigenvalue weighted by Crippen LogP contribution is -2.44. The van der Waals surface area contributed by atoms with Gasteiger partial charge in [-0.1, -0.05) is 13.8 Å². The average Bonchev–Trinajstić information content (AvgIpc) is 2.04. The molecule has 78 valence electrons. The molecular formula is C9H20N2O2. The first kappa shape index (κ1) is 12.2. The monoisotopic (exact) mass is 188 g/mol. The number of hydrogen-bond donors (Lipinski definition) is 3. The number of amides is 2. The third-order valence-corrected chi connectivity index (χ3v) is 1.90. The summed E-state index contributed by atoms with van der Waals surface area (Å²) in [6.45, 7) is 6.64. The van der Waals surface area contributed by atoms with E-state index in [1.807, 2.05) is 20.8 Å². The molecule has 0 fully saturated rings. The van der Waals surface area contributed by atoms with E-state index in [9.17, 15) is 4.79 Å². The van der Waals surface area contributed by atoms with Crippen LogP contribution in [0.3, 0.4) is 0 Å². The molecule has 0 saturated carbocycles. The van der Waals surface area contributed by atoms with Crippen molar-refractivity contribution >= 4 is 6.03 Å². The van der Waals surface area contributed by atoms with Gasteiger partial charge in [-0.3, -0.25) is 0 Å². The maximum absolute atomic E-state index is 11.1. The van der Waals surface area contributed by atoms with Gasteiger partial charge in [0.15, 0.2) is 0 Å². The fourth-order valence-electron chi connectivity index (χ4n) is 1.09. The summed E-state index contributed by atoms with van der Waals surface area (Å²) in [5.74, 6) is 0.342. The van der Waals surface area contributed by atoms with Crippen molar-refractivity contribution in [1.82, 2.24) is 10.6 Å². The highest BCUT2D eigenvalue weighted by Gasteiger charge is 2.14. The molecule has 0 bridgehead atoms. The number of rotatable bonds is 5. The van der Waals surface area contributed by atoms with Gasteiger partial charge in [0.2, 0.25) is 0 Å². The van der Waals surface area contributed by atoms with Crippen molar-refractivity contribution < 1.29 is 9.90 Å². The first-order valence-electron chi connectivity index (χ1n) is 4.77. The van der Waals surface area contributed by atoms with Gasteiger partial charge in [0, 0.05) is 19.2 Å². The van der Waals surface area contributed by atoms with Crippen molar-refractivity contribution in [3.63, 3.8) is 0 Å². The van der Waals surface area contributed by atoms with E-state index in [0.717, 1.165) is 0 Å². The molecule has 4 nitrogen and oxygen atoms in total. The van der Waals surface area contributed by atoms with Gasteiger partial charge in [-0.05, 0) is 19.3 Å². The number of nitrogens with one attached hydrogen (secondary N) is 2. The van der Waals surface area contributed by atoms with Crippen molar-refractivity contribution in [3.8, 4) is 0 Å². The lowest BCUT2D eigenvalue weighted by Gasteiger charge is -2.21. The quantitative estimate of drug-likeness (QED) is 0.595. The summed E-state index contributed by atoms with van der Waals surface area (Å²) in [4.78, 5) is 11.1. The molecule has 0 aromatic heterocycles. The molecule has 0 rings (SSSR count). The summed E-state index contributed by atoms with van der Waals surface area (Å²) < 4.78 is 0. The molecule has 0 heterocycles. The van der Waals surface area contributed by atoms with Crippen LogP contribution in [0.5, 0.6) is 0 Å². The molecule has 0 saturated heterocycles. The van der Waals surface area contributed by atoms with Gasteiger partial charge >= 0.3 is 6.03 Å². The van der Waals surface area contributed by atoms with Crippen molar-refractivity contribution in [3.05, 3.63) is 0 Å². The normalized spacial score (nSPS) is 12.7. The molecule has 1 unspecified atom stereocenters. The Morgan fingerprint density at radius 1 is 1.46 bits per heavy atom. The highest BCUT2D eigenvalue weighted by Crippen LogP contribution is 2.04. The number of carbonyl (C=O) groups excluding carboxylic acids is 1. The first-order valence-corrected chi connectivity index (χ1v) is 4.77. The van der Waals surface area contributed by atoms with Gasteiger partial charge < -0.3 is 15.7 Å². The minimum atomic E-state index is -0.158. The highest BCUT2D eigenvalue weighted by molar-refractivity contribution is 5.74. The van der Waals surface area contributed by atoms with Crippen LogP contribution < -0.4 is 10.6 Å². The van der Waals surface area contributed by atoms with E-state index in [2.05, 4.69) is 10.6 Å². The zero-order chi connectivity index (χ0) is 10.3. The third kappa shape index (κ3) is 5.47. The van der Waals surface area contributed by atoms with Crippen molar-refractivity contribution in [2.24, 2.45) is 5.92 Å². The summed E-state index contributed by atoms with van der Waals surface area (Å²) in [5, 5.41) is 14.2. The SMILES string of the molecule is CCNC(=O)NC(CCO)C(C)C. The van der Waals surface area contributed by atoms with E-state index in [1.165, 1.54) is 0 Å². The van der Waals surface area contributed by atoms with Gasteiger partial charge in [0.25, 0.3) is 0 Å². The Morgan fingerprint density at radius 2 is 2.08 bits per heavy atom. The van der Waals surface area contributed by atoms with Crippen LogP contribution in [-0.2, 0) is 0 Å². The molecule has 13 heavy (non-hydrogen) atoms. The topological polar surface area (TPSA) is 61.4 Å². The molecule has 1 atom stereocenters. The lowest BCUT2D eigenvalue weighted by molar-refractivity contribution is 0.219. The minimum Gasteiger partial charge on any atom is -0.396 e. The zero-order valence-corrected chi connectivity index (χ0v) is 8.63. The summed E-state index contributed by atoms with van der Waals surface area (Å²) >= 11 is 0. The Bertz CT molecular complexity index is 149. The largest absolute Gasteiger partial charge is 0.396 e. The van der Waals surface area contributed by atoms with Gasteiger partial charge in [-0.15, -0.1) is 0 Å². The van der Waals surface area contributed by atoms with Crippen LogP contribution in [0.25, 0.3) is 0 Å². The predicted octanol–water partition coefficient (Wildman–Crippen LogP) is 0.712. The van der Waals surface area contributed by atoms with E-state index >= 15 is 0 Å². The molecule has 3 N–H and O–H groups in total. The summed E-state index contributed by atoms with van der Waals surface area (Å²) in [5.41, 5.74) is 0. The smallest absolute Gasteiger partial charge is 0.315 e. The molecule has 0 aromatic carbocycles. The van der Waals surface area contributed by atoms with Gasteiger partial charge in [0.1, 0.15) is 0 Å². The summed E-state index contributed by atoms with van der Waals surface area (Å²) in [7, 11) is 0. The second-order valence-electron chi connectivity index (χ2n) is 3.37. The average molecular weight is 188 g/mol. The van der Waals surface area contributed by atoms with E-state index in [0.29, 0.717) is 18.9 Å². The molecular weight excluding hydrogens is 168 g/mol. The van der Waals surface area contributed by atoms with E-state index < -0.39 is 0 Å². The van der Waals surface area contributed by atoms with Crippen molar-refractivity contribution in [2.45, 2.75) is 33.2 Å². The van der Waals surface area contributed by atoms with Crippen LogP contribution in [-0.4, -0.2) is 30.3 Å². The van der Waals surface area contributed by atoms with E-state index in [1.54, 1.807) is 0 Å². The predicted molar refractivity (Wildman–Crippen MR) is 52.5 cm³/mol. The van der Waals surface area contributed by atoms with Crippen molar-refractivity contribution in [1.29, 1.82) is 0 Å². The van der Waals surface area contributed by atoms with Gasteiger partial charge in [0.05, 0.1) is 0 Å². The Balaban J connectivity index is 3.86. The maximum Gasteiger partial charge on any atom is 0.315 e. The van der Waals surface area contributed by atoms with Crippen LogP contribution in [0.2, 0.25) is 0 Å². The molecule has 0 aliphatic heterocycles. The summed E-state index contributed by atoms with van der Waals surface area (Å²) in [6.07, 6.45) is 0.606. The molecule has 0 aliphatic carbocycles. The van der Waals surface area contributed by atoms with Gasteiger partial charge in [-0.2, -0.15) is 0 Å². The second kappa shape index (κ2) is 6.71. The van der Waals surface area contributed by atoms with Crippen LogP contribution in [0, 0.1) is 5.92 Å². The summed E-state index contributed by atoms with van der Waals surface area (Å²) in [6, 6.07) is -0.105. The van der Waals surface area contributed by atoms with Crippen molar-refractivity contribution in [2.75, 3.05) is 13.2 Å². The van der Waals surface area contributed by atoms with E-state index in [4.69, 9.17) is 5.11 Å². The highest BCUT2D eigenvalue weighted by atomic mass is 16.3. The number of hydrogen-bond acceptors (Lipinski definition) is 2. The van der Waals surface area contributed by atoms with E-state index in [-0.39, 0.29) is 18.7 Å². The first-order chi connectivity index (χ1) is 6.11. The lowest BCUT2D eigenvalue weighted by atomic mass is 10.0. The van der Waals surface area contributed by atoms with Crippen LogP contribution in [0.4, 0.5) is 4.79 Å². The minimum absolute atomic E-state index is 0.0524. The number of urea groups is 1. The fraction of sp³-hybridized carbons (Fsp3) is 0.889. The standard InChI is InChI=1S/C9H20N2O2/c1-4-10-9(13)11-8(5-6-12)7(2)3/h7-8,12H,4-6H2,1-3H3,(H2,10,11,13). The number of aliphatic hydroxyl groups is 1. The maximum atomic E-state index is 11.1. The van der Waals surface area contributed by atoms with Gasteiger partial charge in [-0.25, -0.2) is 4.79 Å². The molecule has 0 radical (unpaired) electrons. The Hall–Kier alpha value is -0.770. The Kier molecular flexibility index (Phi) is 6.32. The number of carbonyl (C=O) groups is 1. The number of aliphatic hydroxyl groups excluding tert-OH is 1. The van der Waals surface area contributed by atoms with Crippen LogP contribution in [0.15, 0.2) is 0 Å². The van der Waals surface area contributed by atoms with Crippen LogP contribution in [0.1, 0.15) is 27.2 Å². The molecule has 4 heteroatoms. The van der Waals surface area contributed by atoms with Crippen LogP contribution >= 0.6 is 0 Å². The fourth-order valence-corrected chi connectivity index (χ4v) is 1.09. The Labute approximate surface area is 79.7 Å². The second-order valence-corrected chi connectivity index (χ2v) is 3.37. The molecule has 0 aromatic rings. The molecule has 2 amide bonds. The Morgan fingerprint density at radius 3 is 2.46 bits per heavy atom.